The highest BCUT2D eigenvalue weighted by Gasteiger charge is 2.22. The van der Waals surface area contributed by atoms with E-state index in [1.807, 2.05) is 6.92 Å². The van der Waals surface area contributed by atoms with Crippen LogP contribution in [0.4, 0.5) is 5.00 Å². The molecule has 2 aromatic heterocycles. The average Bonchev–Trinajstić information content (AvgIpc) is 3.18. The molecule has 0 bridgehead atoms. The number of hydrogen-bond acceptors (Lipinski definition) is 7. The quantitative estimate of drug-likeness (QED) is 0.633. The lowest BCUT2D eigenvalue weighted by atomic mass is 10.1. The number of anilines is 1. The second kappa shape index (κ2) is 7.89. The highest BCUT2D eigenvalue weighted by molar-refractivity contribution is 7.16. The normalized spacial score (nSPS) is 10.7. The standard InChI is InChI=1S/C18H16ClN3O4S/c1-9-10(2)27-17(20-11(3)23)15(9)18(24)25-8-14-21-16(22-26-14)12-4-6-13(19)7-5-12/h4-7H,8H2,1-3H3,(H,20,23). The van der Waals surface area contributed by atoms with Crippen molar-refractivity contribution in [3.63, 3.8) is 0 Å². The van der Waals surface area contributed by atoms with Crippen molar-refractivity contribution in [3.8, 4) is 11.4 Å². The van der Waals surface area contributed by atoms with Crippen LogP contribution in [0.5, 0.6) is 0 Å². The molecule has 0 saturated carbocycles. The number of aryl methyl sites for hydroxylation is 1. The summed E-state index contributed by atoms with van der Waals surface area (Å²) in [7, 11) is 0. The maximum Gasteiger partial charge on any atom is 0.341 e. The third-order valence-electron chi connectivity index (χ3n) is 3.78. The van der Waals surface area contributed by atoms with Crippen molar-refractivity contribution in [1.29, 1.82) is 0 Å². The van der Waals surface area contributed by atoms with Gasteiger partial charge in [0.05, 0.1) is 5.56 Å². The van der Waals surface area contributed by atoms with Gasteiger partial charge in [-0.25, -0.2) is 4.79 Å². The summed E-state index contributed by atoms with van der Waals surface area (Å²) in [5.41, 5.74) is 1.84. The Morgan fingerprint density at radius 1 is 1.26 bits per heavy atom. The van der Waals surface area contributed by atoms with Crippen molar-refractivity contribution in [1.82, 2.24) is 10.1 Å². The summed E-state index contributed by atoms with van der Waals surface area (Å²) >= 11 is 7.19. The van der Waals surface area contributed by atoms with Crippen LogP contribution < -0.4 is 5.32 Å². The highest BCUT2D eigenvalue weighted by Crippen LogP contribution is 2.33. The largest absolute Gasteiger partial charge is 0.452 e. The van der Waals surface area contributed by atoms with E-state index in [1.54, 1.807) is 31.2 Å². The van der Waals surface area contributed by atoms with Crippen LogP contribution in [-0.2, 0) is 16.1 Å². The second-order valence-corrected chi connectivity index (χ2v) is 7.42. The van der Waals surface area contributed by atoms with Crippen LogP contribution >= 0.6 is 22.9 Å². The lowest BCUT2D eigenvalue weighted by Gasteiger charge is -2.05. The molecule has 2 heterocycles. The fourth-order valence-corrected chi connectivity index (χ4v) is 3.57. The van der Waals surface area contributed by atoms with E-state index in [0.717, 1.165) is 16.0 Å². The van der Waals surface area contributed by atoms with E-state index in [9.17, 15) is 9.59 Å². The Hall–Kier alpha value is -2.71. The van der Waals surface area contributed by atoms with Crippen molar-refractivity contribution < 1.29 is 18.8 Å². The van der Waals surface area contributed by atoms with Crippen LogP contribution in [0.25, 0.3) is 11.4 Å². The molecule has 1 aromatic carbocycles. The smallest absolute Gasteiger partial charge is 0.341 e. The van der Waals surface area contributed by atoms with Crippen LogP contribution in [0.1, 0.15) is 33.6 Å². The lowest BCUT2D eigenvalue weighted by molar-refractivity contribution is -0.114. The Labute approximate surface area is 164 Å². The first-order valence-corrected chi connectivity index (χ1v) is 9.18. The van der Waals surface area contributed by atoms with E-state index in [-0.39, 0.29) is 18.4 Å². The number of ether oxygens (including phenoxy) is 1. The maximum atomic E-state index is 12.5. The minimum atomic E-state index is -0.563. The minimum absolute atomic E-state index is 0.166. The summed E-state index contributed by atoms with van der Waals surface area (Å²) in [6.45, 7) is 4.89. The van der Waals surface area contributed by atoms with Gasteiger partial charge in [0, 0.05) is 22.4 Å². The molecule has 0 fully saturated rings. The number of nitrogens with one attached hydrogen (secondary N) is 1. The van der Waals surface area contributed by atoms with Gasteiger partial charge >= 0.3 is 5.97 Å². The molecular formula is C18H16ClN3O4S. The number of esters is 1. The van der Waals surface area contributed by atoms with Crippen LogP contribution in [0.15, 0.2) is 28.8 Å². The number of carbonyl (C=O) groups excluding carboxylic acids is 2. The summed E-state index contributed by atoms with van der Waals surface area (Å²) in [4.78, 5) is 29.0. The molecule has 1 N–H and O–H groups in total. The molecule has 0 radical (unpaired) electrons. The Kier molecular flexibility index (Phi) is 5.57. The summed E-state index contributed by atoms with van der Waals surface area (Å²) in [5, 5.41) is 7.60. The van der Waals surface area contributed by atoms with Crippen molar-refractivity contribution in [2.75, 3.05) is 5.32 Å². The molecule has 0 aliphatic rings. The Bertz CT molecular complexity index is 995. The zero-order chi connectivity index (χ0) is 19.6. The topological polar surface area (TPSA) is 94.3 Å². The van der Waals surface area contributed by atoms with E-state index >= 15 is 0 Å². The fourth-order valence-electron chi connectivity index (χ4n) is 2.35. The first-order valence-electron chi connectivity index (χ1n) is 7.98. The molecule has 140 valence electrons. The summed E-state index contributed by atoms with van der Waals surface area (Å²) < 4.78 is 10.4. The number of rotatable bonds is 5. The van der Waals surface area contributed by atoms with Gasteiger partial charge in [-0.15, -0.1) is 11.3 Å². The molecule has 3 aromatic rings. The monoisotopic (exact) mass is 405 g/mol. The van der Waals surface area contributed by atoms with Gasteiger partial charge in [0.2, 0.25) is 11.7 Å². The van der Waals surface area contributed by atoms with Crippen LogP contribution in [0, 0.1) is 13.8 Å². The Morgan fingerprint density at radius 3 is 2.63 bits per heavy atom. The molecule has 0 aliphatic heterocycles. The zero-order valence-corrected chi connectivity index (χ0v) is 16.4. The summed E-state index contributed by atoms with van der Waals surface area (Å²) in [5.74, 6) is -0.278. The summed E-state index contributed by atoms with van der Waals surface area (Å²) in [6, 6.07) is 6.97. The number of halogens is 1. The van der Waals surface area contributed by atoms with Crippen molar-refractivity contribution in [2.45, 2.75) is 27.4 Å². The average molecular weight is 406 g/mol. The van der Waals surface area contributed by atoms with Crippen molar-refractivity contribution in [3.05, 3.63) is 51.2 Å². The summed E-state index contributed by atoms with van der Waals surface area (Å²) in [6.07, 6.45) is 0. The molecule has 0 aliphatic carbocycles. The number of hydrogen-bond donors (Lipinski definition) is 1. The third kappa shape index (κ3) is 4.35. The van der Waals surface area contributed by atoms with Gasteiger partial charge in [0.15, 0.2) is 6.61 Å². The molecule has 0 unspecified atom stereocenters. The third-order valence-corrected chi connectivity index (χ3v) is 5.15. The number of aromatic nitrogens is 2. The molecule has 0 spiro atoms. The van der Waals surface area contributed by atoms with Gasteiger partial charge in [-0.05, 0) is 43.7 Å². The van der Waals surface area contributed by atoms with E-state index in [4.69, 9.17) is 20.9 Å². The van der Waals surface area contributed by atoms with Crippen LogP contribution in [0.3, 0.4) is 0 Å². The number of amides is 1. The Morgan fingerprint density at radius 2 is 1.96 bits per heavy atom. The van der Waals surface area contributed by atoms with Gasteiger partial charge in [-0.1, -0.05) is 16.8 Å². The van der Waals surface area contributed by atoms with Crippen LogP contribution in [0.2, 0.25) is 5.02 Å². The molecule has 7 nitrogen and oxygen atoms in total. The minimum Gasteiger partial charge on any atom is -0.452 e. The molecule has 9 heteroatoms. The molecule has 3 rings (SSSR count). The van der Waals surface area contributed by atoms with Gasteiger partial charge in [0.1, 0.15) is 5.00 Å². The molecular weight excluding hydrogens is 390 g/mol. The van der Waals surface area contributed by atoms with Crippen molar-refractivity contribution >= 4 is 39.8 Å². The van der Waals surface area contributed by atoms with Crippen molar-refractivity contribution in [2.24, 2.45) is 0 Å². The second-order valence-electron chi connectivity index (χ2n) is 5.76. The van der Waals surface area contributed by atoms with Gasteiger partial charge in [-0.3, -0.25) is 4.79 Å². The number of benzene rings is 1. The van der Waals surface area contributed by atoms with E-state index < -0.39 is 5.97 Å². The molecule has 0 saturated heterocycles. The molecule has 1 amide bonds. The predicted molar refractivity (Wildman–Crippen MR) is 102 cm³/mol. The highest BCUT2D eigenvalue weighted by atomic mass is 35.5. The molecule has 0 atom stereocenters. The Balaban J connectivity index is 1.71. The fraction of sp³-hybridized carbons (Fsp3) is 0.222. The number of carbonyl (C=O) groups is 2. The van der Waals surface area contributed by atoms with E-state index in [2.05, 4.69) is 15.5 Å². The SMILES string of the molecule is CC(=O)Nc1sc(C)c(C)c1C(=O)OCc1nc(-c2ccc(Cl)cc2)no1. The number of nitrogens with zero attached hydrogens (tertiary/aromatic N) is 2. The first-order chi connectivity index (χ1) is 12.8. The number of thiophene rings is 1. The van der Waals surface area contributed by atoms with E-state index in [1.165, 1.54) is 18.3 Å². The van der Waals surface area contributed by atoms with Gasteiger partial charge < -0.3 is 14.6 Å². The first kappa shape index (κ1) is 19.1. The van der Waals surface area contributed by atoms with Gasteiger partial charge in [-0.2, -0.15) is 4.98 Å². The van der Waals surface area contributed by atoms with E-state index in [0.29, 0.717) is 21.4 Å². The van der Waals surface area contributed by atoms with Crippen LogP contribution in [-0.4, -0.2) is 22.0 Å². The lowest BCUT2D eigenvalue weighted by Crippen LogP contribution is -2.12. The maximum absolute atomic E-state index is 12.5. The molecule has 27 heavy (non-hydrogen) atoms. The van der Waals surface area contributed by atoms with Gasteiger partial charge in [0.25, 0.3) is 5.89 Å². The predicted octanol–water partition coefficient (Wildman–Crippen LogP) is 4.38. The zero-order valence-electron chi connectivity index (χ0n) is 14.8.